The Morgan fingerprint density at radius 1 is 0.558 bits per heavy atom. The lowest BCUT2D eigenvalue weighted by molar-refractivity contribution is -0.154. The van der Waals surface area contributed by atoms with Gasteiger partial charge in [-0.15, -0.1) is 0 Å². The van der Waals surface area contributed by atoms with E-state index in [1.807, 2.05) is 48.5 Å². The van der Waals surface area contributed by atoms with E-state index in [2.05, 4.69) is 17.2 Å². The molecular weight excluding hydrogens is 544 g/mol. The van der Waals surface area contributed by atoms with Crippen molar-refractivity contribution >= 4 is 23.3 Å². The predicted octanol–water partition coefficient (Wildman–Crippen LogP) is 10.3. The minimum absolute atomic E-state index is 0.185. The molecule has 238 valence electrons. The third-order valence-electron chi connectivity index (χ3n) is 7.47. The van der Waals surface area contributed by atoms with Crippen LogP contribution in [0.2, 0.25) is 0 Å². The topological polar surface area (TPSA) is 118 Å². The van der Waals surface area contributed by atoms with Crippen LogP contribution in [0.5, 0.6) is 11.5 Å². The number of carbonyl (C=O) groups is 2. The molecule has 2 aromatic carbocycles. The van der Waals surface area contributed by atoms with Gasteiger partial charge in [0, 0.05) is 0 Å². The molecule has 0 aliphatic rings. The first kappa shape index (κ1) is 35.8. The van der Waals surface area contributed by atoms with Gasteiger partial charge in [-0.3, -0.25) is 9.59 Å². The molecule has 0 saturated heterocycles. The molecule has 0 aliphatic heterocycles. The minimum atomic E-state index is -1.29. The Morgan fingerprint density at radius 2 is 0.907 bits per heavy atom. The quantitative estimate of drug-likeness (QED) is 0.0633. The number of ether oxygens (including phenoxy) is 2. The summed E-state index contributed by atoms with van der Waals surface area (Å²) < 4.78 is 11.7. The van der Waals surface area contributed by atoms with Crippen molar-refractivity contribution in [2.75, 3.05) is 13.2 Å². The number of carboxylic acids is 2. The average Bonchev–Trinajstić information content (AvgIpc) is 3.00. The fraction of sp³-hybridized carbons (Fsp3) is 0.600. The van der Waals surface area contributed by atoms with E-state index in [4.69, 9.17) is 19.7 Å². The SMILES string of the molecule is CCCCCCCCCCCCOc1ccc(N=Nc2ccc(OCCCCCCCCC(C(=O)O)C(=O)O)cc2)cc1. The lowest BCUT2D eigenvalue weighted by atomic mass is 10.0. The average molecular weight is 597 g/mol. The van der Waals surface area contributed by atoms with Gasteiger partial charge in [-0.1, -0.05) is 96.8 Å². The number of rotatable bonds is 26. The Balaban J connectivity index is 1.52. The minimum Gasteiger partial charge on any atom is -0.494 e. The highest BCUT2D eigenvalue weighted by Crippen LogP contribution is 2.23. The predicted molar refractivity (Wildman–Crippen MR) is 171 cm³/mol. The molecule has 0 radical (unpaired) electrons. The van der Waals surface area contributed by atoms with Gasteiger partial charge in [-0.25, -0.2) is 0 Å². The highest BCUT2D eigenvalue weighted by molar-refractivity contribution is 5.92. The van der Waals surface area contributed by atoms with Crippen LogP contribution in [0.25, 0.3) is 0 Å². The van der Waals surface area contributed by atoms with Crippen LogP contribution >= 0.6 is 0 Å². The Hall–Kier alpha value is -3.42. The van der Waals surface area contributed by atoms with Gasteiger partial charge < -0.3 is 19.7 Å². The van der Waals surface area contributed by atoms with Crippen LogP contribution in [0.1, 0.15) is 116 Å². The van der Waals surface area contributed by atoms with Crippen molar-refractivity contribution in [2.24, 2.45) is 16.1 Å². The molecule has 0 fully saturated rings. The summed E-state index contributed by atoms with van der Waals surface area (Å²) in [7, 11) is 0. The maximum absolute atomic E-state index is 10.9. The fourth-order valence-electron chi connectivity index (χ4n) is 4.81. The van der Waals surface area contributed by atoms with Crippen LogP contribution in [0.3, 0.4) is 0 Å². The summed E-state index contributed by atoms with van der Waals surface area (Å²) in [6.07, 6.45) is 18.7. The van der Waals surface area contributed by atoms with Gasteiger partial charge in [-0.05, 0) is 67.8 Å². The molecule has 8 heteroatoms. The summed E-state index contributed by atoms with van der Waals surface area (Å²) in [6, 6.07) is 15.2. The maximum Gasteiger partial charge on any atom is 0.317 e. The second-order valence-electron chi connectivity index (χ2n) is 11.2. The fourth-order valence-corrected chi connectivity index (χ4v) is 4.81. The molecule has 2 rings (SSSR count). The van der Waals surface area contributed by atoms with Crippen molar-refractivity contribution in [3.05, 3.63) is 48.5 Å². The van der Waals surface area contributed by atoms with Gasteiger partial charge in [0.15, 0.2) is 5.92 Å². The van der Waals surface area contributed by atoms with E-state index >= 15 is 0 Å². The van der Waals surface area contributed by atoms with Crippen molar-refractivity contribution in [1.82, 2.24) is 0 Å². The van der Waals surface area contributed by atoms with E-state index in [1.165, 1.54) is 57.8 Å². The van der Waals surface area contributed by atoms with Crippen molar-refractivity contribution in [2.45, 2.75) is 116 Å². The van der Waals surface area contributed by atoms with E-state index < -0.39 is 17.9 Å². The molecule has 0 aromatic heterocycles. The van der Waals surface area contributed by atoms with E-state index in [1.54, 1.807) is 0 Å². The molecule has 2 aromatic rings. The molecule has 8 nitrogen and oxygen atoms in total. The van der Waals surface area contributed by atoms with Crippen LogP contribution < -0.4 is 9.47 Å². The summed E-state index contributed by atoms with van der Waals surface area (Å²) in [5, 5.41) is 26.4. The smallest absolute Gasteiger partial charge is 0.317 e. The van der Waals surface area contributed by atoms with Crippen molar-refractivity contribution < 1.29 is 29.3 Å². The first-order valence-corrected chi connectivity index (χ1v) is 16.3. The summed E-state index contributed by atoms with van der Waals surface area (Å²) in [5.74, 6) is -2.16. The zero-order chi connectivity index (χ0) is 31.0. The number of aliphatic carboxylic acids is 2. The van der Waals surface area contributed by atoms with Crippen LogP contribution in [-0.2, 0) is 9.59 Å². The molecule has 0 unspecified atom stereocenters. The zero-order valence-electron chi connectivity index (χ0n) is 26.1. The second-order valence-corrected chi connectivity index (χ2v) is 11.2. The first-order chi connectivity index (χ1) is 21.0. The molecule has 0 atom stereocenters. The monoisotopic (exact) mass is 596 g/mol. The van der Waals surface area contributed by atoms with E-state index in [0.29, 0.717) is 13.0 Å². The van der Waals surface area contributed by atoms with Crippen LogP contribution in [-0.4, -0.2) is 35.4 Å². The zero-order valence-corrected chi connectivity index (χ0v) is 26.1. The Bertz CT molecular complexity index is 1030. The van der Waals surface area contributed by atoms with Gasteiger partial charge in [0.05, 0.1) is 24.6 Å². The molecule has 0 saturated carbocycles. The standard InChI is InChI=1S/C35H52N2O6/c1-2-3-4-5-6-7-8-10-13-16-27-42-31-23-19-29(20-24-31)36-37-30-21-25-32(26-22-30)43-28-17-14-11-9-12-15-18-33(34(38)39)35(40)41/h19-26,33H,2-18,27-28H2,1H3,(H,38,39)(H,40,41). The van der Waals surface area contributed by atoms with Crippen molar-refractivity contribution in [3.63, 3.8) is 0 Å². The number of unbranched alkanes of at least 4 members (excludes halogenated alkanes) is 14. The third kappa shape index (κ3) is 17.3. The summed E-state index contributed by atoms with van der Waals surface area (Å²) in [5.41, 5.74) is 1.52. The largest absolute Gasteiger partial charge is 0.494 e. The van der Waals surface area contributed by atoms with Gasteiger partial charge in [0.25, 0.3) is 0 Å². The molecular formula is C35H52N2O6. The Morgan fingerprint density at radius 3 is 1.28 bits per heavy atom. The van der Waals surface area contributed by atoms with Gasteiger partial charge in [0.2, 0.25) is 0 Å². The van der Waals surface area contributed by atoms with Crippen LogP contribution in [0, 0.1) is 5.92 Å². The molecule has 2 N–H and O–H groups in total. The number of azo groups is 1. The van der Waals surface area contributed by atoms with Crippen molar-refractivity contribution in [1.29, 1.82) is 0 Å². The summed E-state index contributed by atoms with van der Waals surface area (Å²) in [6.45, 7) is 3.63. The number of benzene rings is 2. The maximum atomic E-state index is 10.9. The summed E-state index contributed by atoms with van der Waals surface area (Å²) in [4.78, 5) is 21.8. The van der Waals surface area contributed by atoms with Gasteiger partial charge in [-0.2, -0.15) is 10.2 Å². The van der Waals surface area contributed by atoms with E-state index in [-0.39, 0.29) is 6.42 Å². The first-order valence-electron chi connectivity index (χ1n) is 16.3. The normalized spacial score (nSPS) is 11.3. The number of nitrogens with zero attached hydrogens (tertiary/aromatic N) is 2. The molecule has 43 heavy (non-hydrogen) atoms. The highest BCUT2D eigenvalue weighted by atomic mass is 16.5. The van der Waals surface area contributed by atoms with Gasteiger partial charge in [0.1, 0.15) is 11.5 Å². The Labute approximate surface area is 257 Å². The lowest BCUT2D eigenvalue weighted by Crippen LogP contribution is -2.23. The Kier molecular flexibility index (Phi) is 19.2. The molecule has 0 spiro atoms. The second kappa shape index (κ2) is 23.1. The third-order valence-corrected chi connectivity index (χ3v) is 7.47. The molecule has 0 aliphatic carbocycles. The lowest BCUT2D eigenvalue weighted by Gasteiger charge is -2.08. The molecule has 0 heterocycles. The van der Waals surface area contributed by atoms with Crippen LogP contribution in [0.15, 0.2) is 58.8 Å². The summed E-state index contributed by atoms with van der Waals surface area (Å²) >= 11 is 0. The molecule has 0 amide bonds. The van der Waals surface area contributed by atoms with Crippen LogP contribution in [0.4, 0.5) is 11.4 Å². The van der Waals surface area contributed by atoms with E-state index in [9.17, 15) is 9.59 Å². The number of carboxylic acid groups (broad SMARTS) is 2. The number of hydrogen-bond donors (Lipinski definition) is 2. The van der Waals surface area contributed by atoms with Gasteiger partial charge >= 0.3 is 11.9 Å². The highest BCUT2D eigenvalue weighted by Gasteiger charge is 2.24. The number of hydrogen-bond acceptors (Lipinski definition) is 6. The van der Waals surface area contributed by atoms with E-state index in [0.717, 1.165) is 68.0 Å². The van der Waals surface area contributed by atoms with Crippen molar-refractivity contribution in [3.8, 4) is 11.5 Å². The molecule has 0 bridgehead atoms.